The van der Waals surface area contributed by atoms with E-state index in [0.717, 1.165) is 23.3 Å². The molecule has 3 aromatic rings. The summed E-state index contributed by atoms with van der Waals surface area (Å²) in [6.07, 6.45) is 3.35. The fraction of sp³-hybridized carbons (Fsp3) is 0.414. The van der Waals surface area contributed by atoms with Crippen molar-refractivity contribution in [2.45, 2.75) is 49.6 Å². The molecule has 218 valence electrons. The number of nitrogens with zero attached hydrogens (tertiary/aromatic N) is 2. The van der Waals surface area contributed by atoms with Crippen LogP contribution in [0.4, 0.5) is 0 Å². The van der Waals surface area contributed by atoms with Gasteiger partial charge in [-0.2, -0.15) is 0 Å². The minimum absolute atomic E-state index is 0.0409. The number of nitrogens with one attached hydrogen (secondary N) is 1. The number of aromatic nitrogens is 1. The molecule has 2 aliphatic heterocycles. The van der Waals surface area contributed by atoms with E-state index >= 15 is 0 Å². The lowest BCUT2D eigenvalue weighted by Crippen LogP contribution is -2.43. The molecule has 1 unspecified atom stereocenters. The van der Waals surface area contributed by atoms with Crippen LogP contribution in [0, 0.1) is 0 Å². The molecule has 2 atom stereocenters. The number of hydrogen-bond donors (Lipinski definition) is 1. The number of hydrogen-bond acceptors (Lipinski definition) is 8. The van der Waals surface area contributed by atoms with Gasteiger partial charge in [0.2, 0.25) is 11.8 Å². The van der Waals surface area contributed by atoms with E-state index in [2.05, 4.69) is 10.5 Å². The first-order chi connectivity index (χ1) is 19.8. The molecule has 0 bridgehead atoms. The molecule has 1 N–H and O–H groups in total. The molecule has 41 heavy (non-hydrogen) atoms. The highest BCUT2D eigenvalue weighted by atomic mass is 35.5. The van der Waals surface area contributed by atoms with Crippen LogP contribution in [0.5, 0.6) is 0 Å². The third-order valence-corrected chi connectivity index (χ3v) is 11.7. The fourth-order valence-electron chi connectivity index (χ4n) is 5.17. The molecule has 2 aliphatic rings. The predicted octanol–water partition coefficient (Wildman–Crippen LogP) is 4.51. The lowest BCUT2D eigenvalue weighted by molar-refractivity contribution is -0.200. The van der Waals surface area contributed by atoms with Gasteiger partial charge in [0.05, 0.1) is 18.6 Å². The van der Waals surface area contributed by atoms with Crippen molar-refractivity contribution in [3.05, 3.63) is 76.4 Å². The SMILES string of the molecule is O=C(C[C@]1(c2ccc(-c3ccc(Cl)cc3)s2)CCN(C(=O)Cc2ccccn2)CCS1(=O)=O)NOC1CCCCO1. The van der Waals surface area contributed by atoms with Crippen molar-refractivity contribution in [1.29, 1.82) is 0 Å². The summed E-state index contributed by atoms with van der Waals surface area (Å²) in [7, 11) is -3.90. The zero-order valence-electron chi connectivity index (χ0n) is 22.5. The summed E-state index contributed by atoms with van der Waals surface area (Å²) >= 11 is 7.39. The van der Waals surface area contributed by atoms with Crippen LogP contribution in [0.2, 0.25) is 5.02 Å². The smallest absolute Gasteiger partial charge is 0.245 e. The van der Waals surface area contributed by atoms with Crippen LogP contribution < -0.4 is 5.48 Å². The lowest BCUT2D eigenvalue weighted by atomic mass is 9.97. The summed E-state index contributed by atoms with van der Waals surface area (Å²) in [5.74, 6) is -1.03. The Hall–Kier alpha value is -2.83. The zero-order valence-corrected chi connectivity index (χ0v) is 24.8. The third kappa shape index (κ3) is 6.98. The Labute approximate surface area is 248 Å². The molecule has 1 aromatic carbocycles. The van der Waals surface area contributed by atoms with Crippen molar-refractivity contribution in [2.24, 2.45) is 0 Å². The summed E-state index contributed by atoms with van der Waals surface area (Å²) in [4.78, 5) is 39.1. The Kier molecular flexibility index (Phi) is 9.40. The lowest BCUT2D eigenvalue weighted by Gasteiger charge is -2.31. The maximum atomic E-state index is 14.1. The maximum Gasteiger partial charge on any atom is 0.245 e. The third-order valence-electron chi connectivity index (χ3n) is 7.49. The van der Waals surface area contributed by atoms with Gasteiger partial charge in [0, 0.05) is 52.8 Å². The normalized spacial score (nSPS) is 22.6. The van der Waals surface area contributed by atoms with Gasteiger partial charge in [-0.05, 0) is 61.2 Å². The Morgan fingerprint density at radius 2 is 1.95 bits per heavy atom. The Bertz CT molecular complexity index is 1460. The van der Waals surface area contributed by atoms with Gasteiger partial charge in [-0.25, -0.2) is 18.7 Å². The number of sulfone groups is 1. The average molecular weight is 618 g/mol. The van der Waals surface area contributed by atoms with Crippen LogP contribution in [0.15, 0.2) is 60.8 Å². The quantitative estimate of drug-likeness (QED) is 0.370. The predicted molar refractivity (Wildman–Crippen MR) is 157 cm³/mol. The van der Waals surface area contributed by atoms with Gasteiger partial charge in [0.25, 0.3) is 0 Å². The van der Waals surface area contributed by atoms with Gasteiger partial charge in [-0.15, -0.1) is 11.3 Å². The number of pyridine rings is 1. The molecule has 2 saturated heterocycles. The van der Waals surface area contributed by atoms with Crippen LogP contribution in [0.3, 0.4) is 0 Å². The number of thiophene rings is 1. The molecule has 0 saturated carbocycles. The molecule has 2 aromatic heterocycles. The molecule has 12 heteroatoms. The highest BCUT2D eigenvalue weighted by molar-refractivity contribution is 7.92. The maximum absolute atomic E-state index is 14.1. The molecule has 5 rings (SSSR count). The van der Waals surface area contributed by atoms with E-state index in [0.29, 0.717) is 28.6 Å². The molecule has 4 heterocycles. The van der Waals surface area contributed by atoms with Crippen molar-refractivity contribution in [3.8, 4) is 10.4 Å². The van der Waals surface area contributed by atoms with E-state index in [9.17, 15) is 18.0 Å². The fourth-order valence-corrected chi connectivity index (χ4v) is 8.91. The number of hydroxylamine groups is 1. The summed E-state index contributed by atoms with van der Waals surface area (Å²) in [6, 6.07) is 16.3. The van der Waals surface area contributed by atoms with Gasteiger partial charge < -0.3 is 9.64 Å². The Balaban J connectivity index is 1.42. The highest BCUT2D eigenvalue weighted by Gasteiger charge is 2.50. The van der Waals surface area contributed by atoms with E-state index < -0.39 is 26.8 Å². The first-order valence-electron chi connectivity index (χ1n) is 13.6. The van der Waals surface area contributed by atoms with Crippen molar-refractivity contribution in [1.82, 2.24) is 15.4 Å². The number of halogens is 1. The van der Waals surface area contributed by atoms with E-state index in [1.165, 1.54) is 11.3 Å². The second-order valence-electron chi connectivity index (χ2n) is 10.2. The number of ether oxygens (including phenoxy) is 1. The monoisotopic (exact) mass is 617 g/mol. The van der Waals surface area contributed by atoms with Gasteiger partial charge in [-0.3, -0.25) is 14.6 Å². The summed E-state index contributed by atoms with van der Waals surface area (Å²) in [5, 5.41) is 0.599. The molecule has 0 spiro atoms. The van der Waals surface area contributed by atoms with Crippen LogP contribution in [0.25, 0.3) is 10.4 Å². The molecule has 0 aliphatic carbocycles. The molecule has 9 nitrogen and oxygen atoms in total. The van der Waals surface area contributed by atoms with Crippen molar-refractivity contribution >= 4 is 44.6 Å². The molecule has 0 radical (unpaired) electrons. The van der Waals surface area contributed by atoms with Crippen LogP contribution in [-0.2, 0) is 40.2 Å². The Morgan fingerprint density at radius 1 is 1.12 bits per heavy atom. The summed E-state index contributed by atoms with van der Waals surface area (Å²) in [6.45, 7) is 0.766. The number of carbonyl (C=O) groups is 2. The van der Waals surface area contributed by atoms with Crippen LogP contribution in [-0.4, -0.2) is 61.9 Å². The van der Waals surface area contributed by atoms with Gasteiger partial charge in [0.15, 0.2) is 16.1 Å². The van der Waals surface area contributed by atoms with Crippen molar-refractivity contribution in [2.75, 3.05) is 25.4 Å². The second kappa shape index (κ2) is 13.0. The topological polar surface area (TPSA) is 115 Å². The molecular formula is C29H32ClN3O6S2. The Morgan fingerprint density at radius 3 is 2.68 bits per heavy atom. The van der Waals surface area contributed by atoms with Crippen LogP contribution in [0.1, 0.15) is 42.7 Å². The molecular weight excluding hydrogens is 586 g/mol. The standard InChI is InChI=1S/C29H32ClN3O6S2/c30-22-9-7-21(8-10-22)24-11-12-25(40-24)29(20-26(34)32-39-28-6-2-4-17-38-28)13-15-33(16-18-41(29,36)37)27(35)19-23-5-1-3-14-31-23/h1,3,5,7-12,14,28H,2,4,6,13,15-20H2,(H,32,34)/t28?,29-/m0/s1. The highest BCUT2D eigenvalue weighted by Crippen LogP contribution is 2.45. The molecule has 2 fully saturated rings. The van der Waals surface area contributed by atoms with E-state index in [1.54, 1.807) is 41.4 Å². The molecule has 2 amide bonds. The number of benzene rings is 1. The van der Waals surface area contributed by atoms with Gasteiger partial charge in [0.1, 0.15) is 4.75 Å². The second-order valence-corrected chi connectivity index (χ2v) is 14.2. The zero-order chi connectivity index (χ0) is 28.9. The first kappa shape index (κ1) is 29.7. The number of amides is 2. The largest absolute Gasteiger partial charge is 0.350 e. The first-order valence-corrected chi connectivity index (χ1v) is 16.4. The van der Waals surface area contributed by atoms with Gasteiger partial charge in [-0.1, -0.05) is 29.8 Å². The van der Waals surface area contributed by atoms with E-state index in [-0.39, 0.29) is 44.0 Å². The number of rotatable bonds is 8. The van der Waals surface area contributed by atoms with Crippen LogP contribution >= 0.6 is 22.9 Å². The summed E-state index contributed by atoms with van der Waals surface area (Å²) in [5.41, 5.74) is 3.94. The minimum Gasteiger partial charge on any atom is -0.350 e. The van der Waals surface area contributed by atoms with Crippen molar-refractivity contribution in [3.63, 3.8) is 0 Å². The average Bonchev–Trinajstić information content (AvgIpc) is 3.42. The van der Waals surface area contributed by atoms with E-state index in [4.69, 9.17) is 21.2 Å². The van der Waals surface area contributed by atoms with Gasteiger partial charge >= 0.3 is 0 Å². The number of carbonyl (C=O) groups excluding carboxylic acids is 2. The van der Waals surface area contributed by atoms with E-state index in [1.807, 2.05) is 24.3 Å². The minimum atomic E-state index is -3.90. The van der Waals surface area contributed by atoms with Crippen molar-refractivity contribution < 1.29 is 27.6 Å². The summed E-state index contributed by atoms with van der Waals surface area (Å²) < 4.78 is 32.1.